The number of benzene rings is 2. The second-order valence-corrected chi connectivity index (χ2v) is 8.25. The van der Waals surface area contributed by atoms with Crippen molar-refractivity contribution in [3.05, 3.63) is 69.8 Å². The highest BCUT2D eigenvalue weighted by Crippen LogP contribution is 2.25. The first-order valence-electron chi connectivity index (χ1n) is 10.1. The maximum atomic E-state index is 13.4. The summed E-state index contributed by atoms with van der Waals surface area (Å²) in [5.41, 5.74) is 3.65. The van der Waals surface area contributed by atoms with Crippen molar-refractivity contribution < 1.29 is 0 Å². The van der Waals surface area contributed by atoms with Crippen molar-refractivity contribution in [1.82, 2.24) is 29.8 Å². The summed E-state index contributed by atoms with van der Waals surface area (Å²) in [7, 11) is 0. The molecular formula is C22H24N6OS. The number of hydrogen-bond acceptors (Lipinski definition) is 6. The molecule has 0 amide bonds. The molecule has 30 heavy (non-hydrogen) atoms. The Morgan fingerprint density at radius 3 is 2.73 bits per heavy atom. The summed E-state index contributed by atoms with van der Waals surface area (Å²) in [5, 5.41) is 13.3. The van der Waals surface area contributed by atoms with Crippen molar-refractivity contribution in [2.45, 2.75) is 51.1 Å². The number of aryl methyl sites for hydroxylation is 3. The molecule has 4 aromatic rings. The maximum absolute atomic E-state index is 13.4. The summed E-state index contributed by atoms with van der Waals surface area (Å²) in [6.45, 7) is 6.99. The molecule has 154 valence electrons. The van der Waals surface area contributed by atoms with Crippen LogP contribution in [-0.2, 0) is 12.3 Å². The predicted molar refractivity (Wildman–Crippen MR) is 119 cm³/mol. The summed E-state index contributed by atoms with van der Waals surface area (Å²) in [6, 6.07) is 13.5. The van der Waals surface area contributed by atoms with Crippen LogP contribution in [-0.4, -0.2) is 29.8 Å². The molecule has 0 atom stereocenters. The molecule has 0 aliphatic heterocycles. The lowest BCUT2D eigenvalue weighted by atomic mass is 10.1. The molecule has 0 unspecified atom stereocenters. The number of fused-ring (bicyclic) bond motifs is 1. The van der Waals surface area contributed by atoms with Crippen molar-refractivity contribution in [2.24, 2.45) is 0 Å². The van der Waals surface area contributed by atoms with E-state index in [1.54, 1.807) is 4.57 Å². The van der Waals surface area contributed by atoms with Crippen LogP contribution in [0.25, 0.3) is 16.6 Å². The van der Waals surface area contributed by atoms with E-state index < -0.39 is 0 Å². The fraction of sp³-hybridized carbons (Fsp3) is 0.318. The molecular weight excluding hydrogens is 396 g/mol. The van der Waals surface area contributed by atoms with E-state index in [-0.39, 0.29) is 5.56 Å². The minimum atomic E-state index is -0.0689. The van der Waals surface area contributed by atoms with Gasteiger partial charge in [-0.3, -0.25) is 9.36 Å². The normalized spacial score (nSPS) is 11.3. The first kappa shape index (κ1) is 20.3. The van der Waals surface area contributed by atoms with Gasteiger partial charge in [0.25, 0.3) is 5.56 Å². The van der Waals surface area contributed by atoms with E-state index in [1.165, 1.54) is 11.8 Å². The molecule has 0 N–H and O–H groups in total. The number of unbranched alkanes of at least 4 members (excludes halogenated alkanes) is 1. The largest absolute Gasteiger partial charge is 0.268 e. The van der Waals surface area contributed by atoms with Gasteiger partial charge < -0.3 is 0 Å². The standard InChI is InChI=1S/C22H24N6OS/c1-4-5-12-27-20(24-25-26-27)14-30-22-23-18-9-7-6-8-17(18)21(29)28(22)19-11-10-15(2)13-16(19)3/h6-11,13H,4-5,12,14H2,1-3H3. The van der Waals surface area contributed by atoms with Crippen molar-refractivity contribution in [3.8, 4) is 5.69 Å². The highest BCUT2D eigenvalue weighted by atomic mass is 32.2. The van der Waals surface area contributed by atoms with Crippen LogP contribution in [0.2, 0.25) is 0 Å². The minimum Gasteiger partial charge on any atom is -0.268 e. The molecule has 2 aromatic heterocycles. The van der Waals surface area contributed by atoms with E-state index in [0.29, 0.717) is 21.8 Å². The molecule has 4 rings (SSSR count). The highest BCUT2D eigenvalue weighted by Gasteiger charge is 2.16. The molecule has 7 nitrogen and oxygen atoms in total. The molecule has 2 heterocycles. The molecule has 2 aromatic carbocycles. The van der Waals surface area contributed by atoms with Gasteiger partial charge in [-0.05, 0) is 54.5 Å². The van der Waals surface area contributed by atoms with Gasteiger partial charge in [0, 0.05) is 6.54 Å². The van der Waals surface area contributed by atoms with E-state index in [2.05, 4.69) is 28.5 Å². The SMILES string of the molecule is CCCCn1nnnc1CSc1nc2ccccc2c(=O)n1-c1ccc(C)cc1C. The van der Waals surface area contributed by atoms with Gasteiger partial charge >= 0.3 is 0 Å². The average Bonchev–Trinajstić information content (AvgIpc) is 3.19. The van der Waals surface area contributed by atoms with Gasteiger partial charge in [0.15, 0.2) is 11.0 Å². The zero-order valence-corrected chi connectivity index (χ0v) is 18.2. The van der Waals surface area contributed by atoms with Crippen LogP contribution in [0.4, 0.5) is 0 Å². The van der Waals surface area contributed by atoms with Crippen LogP contribution in [0.15, 0.2) is 52.4 Å². The summed E-state index contributed by atoms with van der Waals surface area (Å²) in [6.07, 6.45) is 2.09. The average molecular weight is 421 g/mol. The summed E-state index contributed by atoms with van der Waals surface area (Å²) in [5.74, 6) is 1.31. The van der Waals surface area contributed by atoms with Gasteiger partial charge in [0.1, 0.15) is 0 Å². The zero-order valence-electron chi connectivity index (χ0n) is 17.4. The lowest BCUT2D eigenvalue weighted by Gasteiger charge is -2.15. The lowest BCUT2D eigenvalue weighted by Crippen LogP contribution is -2.22. The Bertz CT molecular complexity index is 1250. The molecule has 0 saturated carbocycles. The van der Waals surface area contributed by atoms with E-state index >= 15 is 0 Å². The molecule has 0 radical (unpaired) electrons. The van der Waals surface area contributed by atoms with Crippen molar-refractivity contribution >= 4 is 22.7 Å². The molecule has 0 spiro atoms. The van der Waals surface area contributed by atoms with Crippen LogP contribution in [0.5, 0.6) is 0 Å². The maximum Gasteiger partial charge on any atom is 0.266 e. The van der Waals surface area contributed by atoms with Crippen molar-refractivity contribution in [3.63, 3.8) is 0 Å². The van der Waals surface area contributed by atoms with Gasteiger partial charge in [-0.15, -0.1) is 5.10 Å². The highest BCUT2D eigenvalue weighted by molar-refractivity contribution is 7.98. The van der Waals surface area contributed by atoms with E-state index in [1.807, 2.05) is 54.9 Å². The third kappa shape index (κ3) is 4.00. The summed E-state index contributed by atoms with van der Waals surface area (Å²) < 4.78 is 3.54. The molecule has 0 aliphatic rings. The van der Waals surface area contributed by atoms with Gasteiger partial charge in [-0.1, -0.05) is 54.9 Å². The Hall–Kier alpha value is -3.00. The van der Waals surface area contributed by atoms with E-state index in [9.17, 15) is 4.79 Å². The van der Waals surface area contributed by atoms with Gasteiger partial charge in [-0.2, -0.15) is 0 Å². The second-order valence-electron chi connectivity index (χ2n) is 7.30. The number of hydrogen-bond donors (Lipinski definition) is 0. The lowest BCUT2D eigenvalue weighted by molar-refractivity contribution is 0.540. The van der Waals surface area contributed by atoms with E-state index in [0.717, 1.165) is 42.0 Å². The molecule has 0 saturated heterocycles. The smallest absolute Gasteiger partial charge is 0.266 e. The van der Waals surface area contributed by atoms with Gasteiger partial charge in [0.05, 0.1) is 22.3 Å². The molecule has 8 heteroatoms. The molecule has 0 aliphatic carbocycles. The number of aromatic nitrogens is 6. The van der Waals surface area contributed by atoms with Crippen LogP contribution in [0, 0.1) is 13.8 Å². The Labute approximate surface area is 179 Å². The van der Waals surface area contributed by atoms with Crippen molar-refractivity contribution in [2.75, 3.05) is 0 Å². The predicted octanol–water partition coefficient (Wildman–Crippen LogP) is 4.08. The number of nitrogens with zero attached hydrogens (tertiary/aromatic N) is 6. The Balaban J connectivity index is 1.79. The Morgan fingerprint density at radius 2 is 1.93 bits per heavy atom. The quantitative estimate of drug-likeness (QED) is 0.331. The second kappa shape index (κ2) is 8.79. The van der Waals surface area contributed by atoms with Crippen LogP contribution < -0.4 is 5.56 Å². The fourth-order valence-corrected chi connectivity index (χ4v) is 4.35. The number of thioether (sulfide) groups is 1. The summed E-state index contributed by atoms with van der Waals surface area (Å²) >= 11 is 1.48. The van der Waals surface area contributed by atoms with Crippen LogP contribution >= 0.6 is 11.8 Å². The molecule has 0 fully saturated rings. The fourth-order valence-electron chi connectivity index (χ4n) is 3.42. The Kier molecular flexibility index (Phi) is 5.94. The van der Waals surface area contributed by atoms with Crippen LogP contribution in [0.1, 0.15) is 36.7 Å². The zero-order chi connectivity index (χ0) is 21.1. The topological polar surface area (TPSA) is 78.5 Å². The third-order valence-electron chi connectivity index (χ3n) is 5.00. The van der Waals surface area contributed by atoms with Crippen LogP contribution in [0.3, 0.4) is 0 Å². The summed E-state index contributed by atoms with van der Waals surface area (Å²) in [4.78, 5) is 18.2. The van der Waals surface area contributed by atoms with Crippen molar-refractivity contribution in [1.29, 1.82) is 0 Å². The van der Waals surface area contributed by atoms with Gasteiger partial charge in [-0.25, -0.2) is 9.67 Å². The number of para-hydroxylation sites is 1. The molecule has 0 bridgehead atoms. The Morgan fingerprint density at radius 1 is 1.10 bits per heavy atom. The van der Waals surface area contributed by atoms with E-state index in [4.69, 9.17) is 4.98 Å². The number of tetrazole rings is 1. The number of rotatable bonds is 7. The monoisotopic (exact) mass is 420 g/mol. The first-order chi connectivity index (χ1) is 14.6. The third-order valence-corrected chi connectivity index (χ3v) is 5.93. The van der Waals surface area contributed by atoms with Gasteiger partial charge in [0.2, 0.25) is 0 Å². The minimum absolute atomic E-state index is 0.0689. The first-order valence-corrected chi connectivity index (χ1v) is 11.0.